The third kappa shape index (κ3) is 3.82. The highest BCUT2D eigenvalue weighted by atomic mass is 19.1. The van der Waals surface area contributed by atoms with E-state index in [1.54, 1.807) is 4.90 Å². The van der Waals surface area contributed by atoms with Crippen molar-refractivity contribution < 1.29 is 18.7 Å². The molecule has 0 unspecified atom stereocenters. The number of benzene rings is 1. The van der Waals surface area contributed by atoms with E-state index in [0.717, 1.165) is 11.3 Å². The molecule has 0 spiro atoms. The predicted octanol–water partition coefficient (Wildman–Crippen LogP) is 2.58. The predicted molar refractivity (Wildman–Crippen MR) is 86.4 cm³/mol. The van der Waals surface area contributed by atoms with Crippen molar-refractivity contribution in [3.63, 3.8) is 0 Å². The van der Waals surface area contributed by atoms with Crippen molar-refractivity contribution in [2.24, 2.45) is 0 Å². The fourth-order valence-electron chi connectivity index (χ4n) is 2.60. The van der Waals surface area contributed by atoms with Gasteiger partial charge in [-0.05, 0) is 36.8 Å². The molecule has 1 aromatic carbocycles. The first kappa shape index (κ1) is 16.2. The number of rotatable bonds is 5. The van der Waals surface area contributed by atoms with Gasteiger partial charge >= 0.3 is 0 Å². The first-order chi connectivity index (χ1) is 11.7. The molecule has 126 valence electrons. The summed E-state index contributed by atoms with van der Waals surface area (Å²) in [5.74, 6) is 0.667. The first-order valence-electron chi connectivity index (χ1n) is 7.93. The van der Waals surface area contributed by atoms with E-state index in [9.17, 15) is 9.18 Å². The Bertz CT molecular complexity index is 719. The lowest BCUT2D eigenvalue weighted by Gasteiger charge is -2.28. The number of halogens is 1. The van der Waals surface area contributed by atoms with Gasteiger partial charge in [0.25, 0.3) is 5.91 Å². The molecule has 0 bridgehead atoms. The van der Waals surface area contributed by atoms with E-state index in [2.05, 4.69) is 4.98 Å². The second-order valence-corrected chi connectivity index (χ2v) is 5.50. The molecule has 2 aromatic rings. The zero-order valence-corrected chi connectivity index (χ0v) is 13.5. The van der Waals surface area contributed by atoms with Crippen molar-refractivity contribution in [3.05, 3.63) is 53.5 Å². The Balaban J connectivity index is 1.58. The number of ether oxygens (including phenoxy) is 2. The SMILES string of the molecule is CCOc1ccc2c(n1)CCN(C(=O)COc1ccc(F)cc1)C2. The summed E-state index contributed by atoms with van der Waals surface area (Å²) in [6.07, 6.45) is 0.693. The average molecular weight is 330 g/mol. The Hall–Kier alpha value is -2.63. The molecule has 1 aromatic heterocycles. The second-order valence-electron chi connectivity index (χ2n) is 5.50. The van der Waals surface area contributed by atoms with Crippen LogP contribution in [0.2, 0.25) is 0 Å². The number of carbonyl (C=O) groups is 1. The molecule has 0 N–H and O–H groups in total. The van der Waals surface area contributed by atoms with Gasteiger partial charge in [0.1, 0.15) is 11.6 Å². The van der Waals surface area contributed by atoms with Gasteiger partial charge in [-0.3, -0.25) is 4.79 Å². The summed E-state index contributed by atoms with van der Waals surface area (Å²) in [6, 6.07) is 9.40. The van der Waals surface area contributed by atoms with Gasteiger partial charge in [-0.15, -0.1) is 0 Å². The normalized spacial score (nSPS) is 13.3. The molecule has 0 saturated heterocycles. The second kappa shape index (κ2) is 7.29. The summed E-state index contributed by atoms with van der Waals surface area (Å²) >= 11 is 0. The summed E-state index contributed by atoms with van der Waals surface area (Å²) in [7, 11) is 0. The lowest BCUT2D eigenvalue weighted by Crippen LogP contribution is -2.39. The molecule has 0 fully saturated rings. The number of hydrogen-bond donors (Lipinski definition) is 0. The molecular weight excluding hydrogens is 311 g/mol. The number of nitrogens with zero attached hydrogens (tertiary/aromatic N) is 2. The van der Waals surface area contributed by atoms with Crippen molar-refractivity contribution in [1.82, 2.24) is 9.88 Å². The number of hydrogen-bond acceptors (Lipinski definition) is 4. The third-order valence-corrected chi connectivity index (χ3v) is 3.84. The number of aromatic nitrogens is 1. The summed E-state index contributed by atoms with van der Waals surface area (Å²) in [4.78, 5) is 18.5. The zero-order valence-electron chi connectivity index (χ0n) is 13.5. The van der Waals surface area contributed by atoms with Crippen LogP contribution in [0.4, 0.5) is 4.39 Å². The third-order valence-electron chi connectivity index (χ3n) is 3.84. The van der Waals surface area contributed by atoms with Gasteiger partial charge in [-0.2, -0.15) is 0 Å². The highest BCUT2D eigenvalue weighted by Crippen LogP contribution is 2.21. The maximum absolute atomic E-state index is 12.8. The lowest BCUT2D eigenvalue weighted by molar-refractivity contribution is -0.134. The van der Waals surface area contributed by atoms with Crippen LogP contribution < -0.4 is 9.47 Å². The van der Waals surface area contributed by atoms with Crippen molar-refractivity contribution in [2.75, 3.05) is 19.8 Å². The topological polar surface area (TPSA) is 51.7 Å². The Kier molecular flexibility index (Phi) is 4.93. The van der Waals surface area contributed by atoms with E-state index >= 15 is 0 Å². The van der Waals surface area contributed by atoms with Crippen molar-refractivity contribution in [2.45, 2.75) is 19.9 Å². The van der Waals surface area contributed by atoms with E-state index in [-0.39, 0.29) is 18.3 Å². The number of pyridine rings is 1. The van der Waals surface area contributed by atoms with Crippen molar-refractivity contribution >= 4 is 5.91 Å². The molecule has 2 heterocycles. The number of fused-ring (bicyclic) bond motifs is 1. The highest BCUT2D eigenvalue weighted by molar-refractivity contribution is 5.78. The molecule has 0 aliphatic carbocycles. The van der Waals surface area contributed by atoms with Crippen molar-refractivity contribution in [3.8, 4) is 11.6 Å². The smallest absolute Gasteiger partial charge is 0.260 e. The molecule has 5 nitrogen and oxygen atoms in total. The molecule has 1 amide bonds. The van der Waals surface area contributed by atoms with Gasteiger partial charge in [-0.1, -0.05) is 6.07 Å². The summed E-state index contributed by atoms with van der Waals surface area (Å²) in [5, 5.41) is 0. The quantitative estimate of drug-likeness (QED) is 0.845. The molecule has 3 rings (SSSR count). The molecule has 0 radical (unpaired) electrons. The number of amides is 1. The molecule has 0 saturated carbocycles. The Labute approximate surface area is 140 Å². The Morgan fingerprint density at radius 2 is 2.00 bits per heavy atom. The van der Waals surface area contributed by atoms with Gasteiger partial charge in [-0.25, -0.2) is 9.37 Å². The van der Waals surface area contributed by atoms with E-state index < -0.39 is 0 Å². The van der Waals surface area contributed by atoms with Crippen LogP contribution in [0, 0.1) is 5.82 Å². The van der Waals surface area contributed by atoms with Crippen LogP contribution in [-0.2, 0) is 17.8 Å². The van der Waals surface area contributed by atoms with Crippen LogP contribution in [0.25, 0.3) is 0 Å². The molecule has 6 heteroatoms. The van der Waals surface area contributed by atoms with Crippen LogP contribution in [0.3, 0.4) is 0 Å². The van der Waals surface area contributed by atoms with Gasteiger partial charge in [0.2, 0.25) is 5.88 Å². The van der Waals surface area contributed by atoms with Crippen LogP contribution in [0.1, 0.15) is 18.2 Å². The van der Waals surface area contributed by atoms with Crippen LogP contribution in [-0.4, -0.2) is 35.5 Å². The highest BCUT2D eigenvalue weighted by Gasteiger charge is 2.22. The minimum Gasteiger partial charge on any atom is -0.484 e. The molecule has 1 aliphatic rings. The summed E-state index contributed by atoms with van der Waals surface area (Å²) < 4.78 is 23.7. The molecule has 24 heavy (non-hydrogen) atoms. The lowest BCUT2D eigenvalue weighted by atomic mass is 10.1. The summed E-state index contributed by atoms with van der Waals surface area (Å²) in [6.45, 7) is 3.55. The fraction of sp³-hybridized carbons (Fsp3) is 0.333. The van der Waals surface area contributed by atoms with Crippen molar-refractivity contribution in [1.29, 1.82) is 0 Å². The molecular formula is C18H19FN2O3. The monoisotopic (exact) mass is 330 g/mol. The van der Waals surface area contributed by atoms with Crippen LogP contribution >= 0.6 is 0 Å². The Morgan fingerprint density at radius 3 is 2.75 bits per heavy atom. The maximum atomic E-state index is 12.8. The maximum Gasteiger partial charge on any atom is 0.260 e. The van der Waals surface area contributed by atoms with Crippen LogP contribution in [0.15, 0.2) is 36.4 Å². The molecule has 1 aliphatic heterocycles. The van der Waals surface area contributed by atoms with Gasteiger partial charge < -0.3 is 14.4 Å². The fourth-order valence-corrected chi connectivity index (χ4v) is 2.60. The number of carbonyl (C=O) groups excluding carboxylic acids is 1. The van der Waals surface area contributed by atoms with Gasteiger partial charge in [0.05, 0.1) is 12.3 Å². The first-order valence-corrected chi connectivity index (χ1v) is 7.93. The molecule has 0 atom stereocenters. The van der Waals surface area contributed by atoms with Gasteiger partial charge in [0.15, 0.2) is 6.61 Å². The van der Waals surface area contributed by atoms with E-state index in [1.807, 2.05) is 19.1 Å². The van der Waals surface area contributed by atoms with E-state index in [4.69, 9.17) is 9.47 Å². The minimum atomic E-state index is -0.333. The Morgan fingerprint density at radius 1 is 1.21 bits per heavy atom. The summed E-state index contributed by atoms with van der Waals surface area (Å²) in [5.41, 5.74) is 2.00. The van der Waals surface area contributed by atoms with Gasteiger partial charge in [0, 0.05) is 25.6 Å². The van der Waals surface area contributed by atoms with E-state index in [1.165, 1.54) is 24.3 Å². The zero-order chi connectivity index (χ0) is 16.9. The minimum absolute atomic E-state index is 0.0641. The van der Waals surface area contributed by atoms with Crippen LogP contribution in [0.5, 0.6) is 11.6 Å². The largest absolute Gasteiger partial charge is 0.484 e. The van der Waals surface area contributed by atoms with E-state index in [0.29, 0.717) is 37.7 Å². The average Bonchev–Trinajstić information content (AvgIpc) is 2.61. The standard InChI is InChI=1S/C18H19FN2O3/c1-2-23-17-8-3-13-11-21(10-9-16(13)20-17)18(22)12-24-15-6-4-14(19)5-7-15/h3-8H,2,9-12H2,1H3.